The second-order valence-electron chi connectivity index (χ2n) is 8.80. The van der Waals surface area contributed by atoms with Gasteiger partial charge < -0.3 is 25.3 Å². The summed E-state index contributed by atoms with van der Waals surface area (Å²) < 4.78 is 71.5. The summed E-state index contributed by atoms with van der Waals surface area (Å²) in [5.41, 5.74) is 4.21. The topological polar surface area (TPSA) is 155 Å². The molecule has 232 valence electrons. The molecule has 0 saturated carbocycles. The highest BCUT2D eigenvalue weighted by Gasteiger charge is 2.38. The van der Waals surface area contributed by atoms with Crippen LogP contribution in [0.25, 0.3) is 33.7 Å². The number of halogens is 7. The zero-order valence-corrected chi connectivity index (χ0v) is 22.8. The summed E-state index contributed by atoms with van der Waals surface area (Å²) in [6.07, 6.45) is -2.14. The number of hydrogen-bond acceptors (Lipinski definition) is 8. The number of hydrogen-bond donors (Lipinski definition) is 4. The summed E-state index contributed by atoms with van der Waals surface area (Å²) in [4.78, 5) is 27.0. The number of nitrogens with zero attached hydrogens (tertiary/aromatic N) is 4. The predicted molar refractivity (Wildman–Crippen MR) is 142 cm³/mol. The normalized spacial score (nSPS) is 13.9. The lowest BCUT2D eigenvalue weighted by molar-refractivity contribution is -0.193. The summed E-state index contributed by atoms with van der Waals surface area (Å²) in [7, 11) is 1.83. The zero-order chi connectivity index (χ0) is 31.9. The van der Waals surface area contributed by atoms with Gasteiger partial charge in [0.15, 0.2) is 5.58 Å². The van der Waals surface area contributed by atoms with E-state index in [-0.39, 0.29) is 0 Å². The quantitative estimate of drug-likeness (QED) is 0.207. The largest absolute Gasteiger partial charge is 0.490 e. The van der Waals surface area contributed by atoms with E-state index in [1.165, 1.54) is 0 Å². The van der Waals surface area contributed by atoms with E-state index < -0.39 is 24.3 Å². The number of aromatic nitrogens is 4. The summed E-state index contributed by atoms with van der Waals surface area (Å²) >= 11 is 6.08. The van der Waals surface area contributed by atoms with E-state index in [9.17, 15) is 26.3 Å². The number of benzene rings is 1. The Kier molecular flexibility index (Phi) is 10.6. The Morgan fingerprint density at radius 3 is 2.19 bits per heavy atom. The summed E-state index contributed by atoms with van der Waals surface area (Å²) in [5.74, 6) is -4.30. The van der Waals surface area contributed by atoms with Crippen LogP contribution in [0.1, 0.15) is 18.9 Å². The van der Waals surface area contributed by atoms with Gasteiger partial charge >= 0.3 is 24.3 Å². The lowest BCUT2D eigenvalue weighted by Gasteiger charge is -2.22. The van der Waals surface area contributed by atoms with Crippen LogP contribution in [-0.2, 0) is 9.59 Å². The Hall–Kier alpha value is -4.38. The van der Waals surface area contributed by atoms with Gasteiger partial charge in [0.2, 0.25) is 5.89 Å². The van der Waals surface area contributed by atoms with Crippen LogP contribution in [0.2, 0.25) is 5.02 Å². The molecular formula is C25H23ClF6N6O5. The van der Waals surface area contributed by atoms with Crippen molar-refractivity contribution >= 4 is 40.5 Å². The van der Waals surface area contributed by atoms with Crippen molar-refractivity contribution in [3.63, 3.8) is 0 Å². The third-order valence-electron chi connectivity index (χ3n) is 5.81. The highest BCUT2D eigenvalue weighted by Crippen LogP contribution is 2.33. The molecule has 3 aromatic heterocycles. The monoisotopic (exact) mass is 636 g/mol. The number of carboxylic acids is 2. The Balaban J connectivity index is 0.000000303. The van der Waals surface area contributed by atoms with Crippen LogP contribution in [0.15, 0.2) is 47.3 Å². The third-order valence-corrected chi connectivity index (χ3v) is 6.04. The average Bonchev–Trinajstić information content (AvgIpc) is 3.60. The Morgan fingerprint density at radius 2 is 1.63 bits per heavy atom. The first-order valence-corrected chi connectivity index (χ1v) is 12.6. The van der Waals surface area contributed by atoms with Gasteiger partial charge in [0.05, 0.1) is 17.8 Å². The highest BCUT2D eigenvalue weighted by atomic mass is 35.5. The minimum atomic E-state index is -5.08. The predicted octanol–water partition coefficient (Wildman–Crippen LogP) is 5.64. The maximum atomic E-state index is 10.6. The smallest absolute Gasteiger partial charge is 0.475 e. The molecule has 1 aliphatic heterocycles. The summed E-state index contributed by atoms with van der Waals surface area (Å²) in [6, 6.07) is 7.89. The number of oxazole rings is 1. The first-order chi connectivity index (χ1) is 20.1. The molecule has 18 heteroatoms. The molecular weight excluding hydrogens is 614 g/mol. The van der Waals surface area contributed by atoms with Crippen molar-refractivity contribution in [2.75, 3.05) is 25.5 Å². The molecule has 4 N–H and O–H groups in total. The van der Waals surface area contributed by atoms with Crippen molar-refractivity contribution in [2.45, 2.75) is 31.2 Å². The number of nitrogens with one attached hydrogen (secondary N) is 2. The van der Waals surface area contributed by atoms with Gasteiger partial charge in [0, 0.05) is 35.6 Å². The molecule has 0 radical (unpaired) electrons. The number of piperidine rings is 1. The molecule has 0 amide bonds. The number of alkyl halides is 6. The lowest BCUT2D eigenvalue weighted by Crippen LogP contribution is -2.29. The average molecular weight is 637 g/mol. The lowest BCUT2D eigenvalue weighted by atomic mass is 10.1. The molecule has 0 unspecified atom stereocenters. The van der Waals surface area contributed by atoms with Gasteiger partial charge in [0.1, 0.15) is 11.3 Å². The van der Waals surface area contributed by atoms with Gasteiger partial charge in [-0.2, -0.15) is 31.4 Å². The number of carbonyl (C=O) groups is 2. The molecule has 5 rings (SSSR count). The number of fused-ring (bicyclic) bond motifs is 1. The molecule has 4 heterocycles. The molecule has 43 heavy (non-hydrogen) atoms. The van der Waals surface area contributed by atoms with Gasteiger partial charge in [-0.05, 0) is 50.2 Å². The van der Waals surface area contributed by atoms with Crippen molar-refractivity contribution in [1.82, 2.24) is 25.1 Å². The van der Waals surface area contributed by atoms with E-state index >= 15 is 0 Å². The van der Waals surface area contributed by atoms with Crippen molar-refractivity contribution in [1.29, 1.82) is 0 Å². The Labute approximate surface area is 243 Å². The number of rotatable bonds is 4. The molecule has 0 atom stereocenters. The first kappa shape index (κ1) is 33.1. The Bertz CT molecular complexity index is 1540. The minimum Gasteiger partial charge on any atom is -0.475 e. The van der Waals surface area contributed by atoms with Crippen molar-refractivity contribution < 1.29 is 50.6 Å². The third kappa shape index (κ3) is 9.05. The second-order valence-corrected chi connectivity index (χ2v) is 9.23. The van der Waals surface area contributed by atoms with Crippen molar-refractivity contribution in [3.05, 3.63) is 47.9 Å². The Morgan fingerprint density at radius 1 is 1.02 bits per heavy atom. The molecule has 1 fully saturated rings. The standard InChI is InChI=1S/C21H21ClN6O.2C2HF3O2/c1-23-20-17(21-27-18-9-15(22)2-3-19(18)29-21)8-13(10-25-20)14-11-26-28(12-14)16-4-6-24-7-5-16;2*3-2(4,5)1(6)7/h2-3,8-12,16,24H,4-7H2,1H3,(H,23,25);2*(H,6,7). The van der Waals surface area contributed by atoms with E-state index in [0.717, 1.165) is 48.1 Å². The fourth-order valence-electron chi connectivity index (χ4n) is 3.76. The zero-order valence-electron chi connectivity index (χ0n) is 22.0. The summed E-state index contributed by atoms with van der Waals surface area (Å²) in [5, 5.41) is 26.0. The van der Waals surface area contributed by atoms with Crippen LogP contribution < -0.4 is 10.6 Å². The van der Waals surface area contributed by atoms with Gasteiger partial charge in [-0.15, -0.1) is 0 Å². The molecule has 1 saturated heterocycles. The van der Waals surface area contributed by atoms with Gasteiger partial charge in [-0.25, -0.2) is 19.6 Å². The molecule has 1 aliphatic rings. The maximum Gasteiger partial charge on any atom is 0.490 e. The van der Waals surface area contributed by atoms with E-state index in [4.69, 9.17) is 35.8 Å². The van der Waals surface area contributed by atoms with E-state index in [2.05, 4.69) is 36.6 Å². The van der Waals surface area contributed by atoms with E-state index in [1.807, 2.05) is 31.6 Å². The SMILES string of the molecule is CNc1ncc(-c2cnn(C3CCNCC3)c2)cc1-c1nc2cc(Cl)ccc2o1.O=C(O)C(F)(F)F.O=C(O)C(F)(F)F. The van der Waals surface area contributed by atoms with Gasteiger partial charge in [-0.1, -0.05) is 11.6 Å². The van der Waals surface area contributed by atoms with Crippen molar-refractivity contribution in [3.8, 4) is 22.6 Å². The van der Waals surface area contributed by atoms with Crippen LogP contribution >= 0.6 is 11.6 Å². The molecule has 1 aromatic carbocycles. The minimum absolute atomic E-state index is 0.441. The fourth-order valence-corrected chi connectivity index (χ4v) is 3.93. The molecule has 0 bridgehead atoms. The second kappa shape index (κ2) is 13.7. The van der Waals surface area contributed by atoms with E-state index in [1.54, 1.807) is 12.1 Å². The maximum absolute atomic E-state index is 10.6. The molecule has 11 nitrogen and oxygen atoms in total. The van der Waals surface area contributed by atoms with Crippen molar-refractivity contribution in [2.24, 2.45) is 0 Å². The van der Waals surface area contributed by atoms with Gasteiger partial charge in [-0.3, -0.25) is 4.68 Å². The van der Waals surface area contributed by atoms with Crippen LogP contribution in [0, 0.1) is 0 Å². The molecule has 0 spiro atoms. The van der Waals surface area contributed by atoms with Crippen LogP contribution in [0.4, 0.5) is 32.2 Å². The van der Waals surface area contributed by atoms with Crippen LogP contribution in [-0.4, -0.2) is 74.4 Å². The van der Waals surface area contributed by atoms with Gasteiger partial charge in [0.25, 0.3) is 0 Å². The molecule has 4 aromatic rings. The highest BCUT2D eigenvalue weighted by molar-refractivity contribution is 6.31. The number of pyridine rings is 1. The number of aliphatic carboxylic acids is 2. The summed E-state index contributed by atoms with van der Waals surface area (Å²) in [6.45, 7) is 2.06. The number of carboxylic acid groups (broad SMARTS) is 2. The van der Waals surface area contributed by atoms with Crippen LogP contribution in [0.3, 0.4) is 0 Å². The number of anilines is 1. The molecule has 0 aliphatic carbocycles. The van der Waals surface area contributed by atoms with Crippen LogP contribution in [0.5, 0.6) is 0 Å². The first-order valence-electron chi connectivity index (χ1n) is 12.2. The fraction of sp³-hybridized carbons (Fsp3) is 0.320. The van der Waals surface area contributed by atoms with E-state index in [0.29, 0.717) is 28.4 Å².